The monoisotopic (exact) mass is 201 g/mol. The average Bonchev–Trinajstić information content (AvgIpc) is 2.14. The molecule has 0 radical (unpaired) electrons. The van der Waals surface area contributed by atoms with Crippen molar-refractivity contribution in [3.8, 4) is 0 Å². The Balaban J connectivity index is 3.93. The molecule has 0 amide bonds. The minimum absolute atomic E-state index is 0.224. The summed E-state index contributed by atoms with van der Waals surface area (Å²) < 4.78 is 0. The van der Waals surface area contributed by atoms with E-state index in [1.54, 1.807) is 0 Å². The zero-order valence-electron chi connectivity index (χ0n) is 9.51. The Labute approximate surface area is 86.6 Å². The third kappa shape index (κ3) is 4.58. The lowest BCUT2D eigenvalue weighted by Crippen LogP contribution is -2.47. The molecule has 0 aliphatic carbocycles. The lowest BCUT2D eigenvalue weighted by atomic mass is 9.96. The van der Waals surface area contributed by atoms with E-state index in [1.165, 1.54) is 0 Å². The molecule has 0 rings (SSSR count). The molecule has 14 heavy (non-hydrogen) atoms. The quantitative estimate of drug-likeness (QED) is 0.252. The van der Waals surface area contributed by atoms with Gasteiger partial charge < -0.3 is 16.3 Å². The summed E-state index contributed by atoms with van der Waals surface area (Å²) in [7, 11) is 0. The number of rotatable bonds is 7. The lowest BCUT2D eigenvalue weighted by Gasteiger charge is -2.26. The van der Waals surface area contributed by atoms with Gasteiger partial charge in [-0.05, 0) is 46.2 Å². The van der Waals surface area contributed by atoms with Crippen molar-refractivity contribution in [2.75, 3.05) is 13.1 Å². The molecular weight excluding hydrogens is 178 g/mol. The first-order valence-corrected chi connectivity index (χ1v) is 5.25. The number of nitrogens with two attached hydrogens (primary N) is 1. The average molecular weight is 201 g/mol. The van der Waals surface area contributed by atoms with Gasteiger partial charge in [-0.25, -0.2) is 0 Å². The highest BCUT2D eigenvalue weighted by Gasteiger charge is 2.22. The van der Waals surface area contributed by atoms with Crippen LogP contribution in [-0.4, -0.2) is 29.5 Å². The van der Waals surface area contributed by atoms with E-state index in [0.29, 0.717) is 0 Å². The summed E-state index contributed by atoms with van der Waals surface area (Å²) in [6.45, 7) is 7.67. The number of nitrogens with zero attached hydrogens (tertiary/aromatic N) is 1. The Hall–Kier alpha value is -0.610. The number of hydrogen-bond acceptors (Lipinski definition) is 4. The Morgan fingerprint density at radius 3 is 2.50 bits per heavy atom. The summed E-state index contributed by atoms with van der Waals surface area (Å²) in [4.78, 5) is 0. The number of unbranched alkanes of at least 4 members (excludes halogenated alkanes) is 1. The predicted molar refractivity (Wildman–Crippen MR) is 59.9 cm³/mol. The summed E-state index contributed by atoms with van der Waals surface area (Å²) >= 11 is 0. The van der Waals surface area contributed by atoms with E-state index in [4.69, 9.17) is 10.9 Å². The summed E-state index contributed by atoms with van der Waals surface area (Å²) in [5.74, 6) is 0. The van der Waals surface area contributed by atoms with E-state index in [0.717, 1.165) is 38.1 Å². The second-order valence-corrected chi connectivity index (χ2v) is 3.95. The summed E-state index contributed by atoms with van der Waals surface area (Å²) in [5, 5.41) is 15.4. The highest BCUT2D eigenvalue weighted by Crippen LogP contribution is 2.08. The smallest absolute Gasteiger partial charge is 0.0762 e. The third-order valence-electron chi connectivity index (χ3n) is 2.37. The van der Waals surface area contributed by atoms with Gasteiger partial charge in [0.1, 0.15) is 0 Å². The molecule has 0 unspecified atom stereocenters. The fourth-order valence-corrected chi connectivity index (χ4v) is 1.41. The summed E-state index contributed by atoms with van der Waals surface area (Å²) in [6, 6.07) is 0. The van der Waals surface area contributed by atoms with Gasteiger partial charge in [0.15, 0.2) is 0 Å². The normalized spacial score (nSPS) is 13.3. The SMILES string of the molecule is CCC(=NO)C(C)(C)NCCCCN. The third-order valence-corrected chi connectivity index (χ3v) is 2.37. The van der Waals surface area contributed by atoms with Crippen LogP contribution in [0.2, 0.25) is 0 Å². The first-order chi connectivity index (χ1) is 6.58. The van der Waals surface area contributed by atoms with E-state index in [-0.39, 0.29) is 5.54 Å². The second-order valence-electron chi connectivity index (χ2n) is 3.95. The summed E-state index contributed by atoms with van der Waals surface area (Å²) in [5.41, 5.74) is 5.96. The van der Waals surface area contributed by atoms with Gasteiger partial charge in [0.25, 0.3) is 0 Å². The topological polar surface area (TPSA) is 70.6 Å². The molecule has 0 saturated heterocycles. The van der Waals surface area contributed by atoms with Gasteiger partial charge in [-0.1, -0.05) is 12.1 Å². The van der Waals surface area contributed by atoms with Crippen molar-refractivity contribution in [1.82, 2.24) is 5.32 Å². The van der Waals surface area contributed by atoms with Crippen LogP contribution in [0.3, 0.4) is 0 Å². The molecular formula is C10H23N3O. The van der Waals surface area contributed by atoms with Gasteiger partial charge in [0.2, 0.25) is 0 Å². The van der Waals surface area contributed by atoms with Crippen LogP contribution < -0.4 is 11.1 Å². The van der Waals surface area contributed by atoms with Crippen LogP contribution >= 0.6 is 0 Å². The molecule has 0 bridgehead atoms. The molecule has 4 heteroatoms. The van der Waals surface area contributed by atoms with Crippen LogP contribution in [0.4, 0.5) is 0 Å². The maximum absolute atomic E-state index is 8.79. The van der Waals surface area contributed by atoms with Crippen molar-refractivity contribution in [2.24, 2.45) is 10.9 Å². The van der Waals surface area contributed by atoms with E-state index in [9.17, 15) is 0 Å². The molecule has 0 heterocycles. The molecule has 0 aliphatic heterocycles. The molecule has 0 aromatic rings. The minimum atomic E-state index is -0.224. The maximum atomic E-state index is 8.79. The van der Waals surface area contributed by atoms with Crippen molar-refractivity contribution < 1.29 is 5.21 Å². The molecule has 4 N–H and O–H groups in total. The summed E-state index contributed by atoms with van der Waals surface area (Å²) in [6.07, 6.45) is 2.84. The second kappa shape index (κ2) is 6.79. The molecule has 0 aromatic heterocycles. The zero-order chi connectivity index (χ0) is 11.0. The molecule has 0 aromatic carbocycles. The van der Waals surface area contributed by atoms with Crippen LogP contribution in [0.15, 0.2) is 5.16 Å². The van der Waals surface area contributed by atoms with E-state index in [2.05, 4.69) is 10.5 Å². The molecule has 0 atom stereocenters. The number of hydrogen-bond donors (Lipinski definition) is 3. The van der Waals surface area contributed by atoms with Crippen LogP contribution in [0.5, 0.6) is 0 Å². The van der Waals surface area contributed by atoms with Gasteiger partial charge in [-0.15, -0.1) is 0 Å². The van der Waals surface area contributed by atoms with E-state index < -0.39 is 0 Å². The lowest BCUT2D eigenvalue weighted by molar-refractivity contribution is 0.309. The maximum Gasteiger partial charge on any atom is 0.0762 e. The Kier molecular flexibility index (Phi) is 6.49. The number of nitrogens with one attached hydrogen (secondary N) is 1. The van der Waals surface area contributed by atoms with E-state index >= 15 is 0 Å². The minimum Gasteiger partial charge on any atom is -0.411 e. The van der Waals surface area contributed by atoms with Crippen molar-refractivity contribution in [2.45, 2.75) is 45.6 Å². The fraction of sp³-hybridized carbons (Fsp3) is 0.900. The first kappa shape index (κ1) is 13.4. The van der Waals surface area contributed by atoms with Gasteiger partial charge in [-0.2, -0.15) is 0 Å². The van der Waals surface area contributed by atoms with Crippen molar-refractivity contribution in [1.29, 1.82) is 0 Å². The van der Waals surface area contributed by atoms with E-state index in [1.807, 2.05) is 20.8 Å². The van der Waals surface area contributed by atoms with Crippen LogP contribution in [0.25, 0.3) is 0 Å². The first-order valence-electron chi connectivity index (χ1n) is 5.25. The predicted octanol–water partition coefficient (Wildman–Crippen LogP) is 1.33. The molecule has 84 valence electrons. The highest BCUT2D eigenvalue weighted by atomic mass is 16.4. The standard InChI is InChI=1S/C10H23N3O/c1-4-9(13-14)10(2,3)12-8-6-5-7-11/h12,14H,4-8,11H2,1-3H3. The molecule has 4 nitrogen and oxygen atoms in total. The van der Waals surface area contributed by atoms with Crippen LogP contribution in [-0.2, 0) is 0 Å². The number of oxime groups is 1. The zero-order valence-corrected chi connectivity index (χ0v) is 9.51. The fourth-order valence-electron chi connectivity index (χ4n) is 1.41. The van der Waals surface area contributed by atoms with Gasteiger partial charge in [0.05, 0.1) is 11.3 Å². The molecule has 0 aliphatic rings. The Morgan fingerprint density at radius 2 is 2.07 bits per heavy atom. The largest absolute Gasteiger partial charge is 0.411 e. The van der Waals surface area contributed by atoms with Crippen LogP contribution in [0.1, 0.15) is 40.0 Å². The Bertz CT molecular complexity index is 178. The van der Waals surface area contributed by atoms with Crippen molar-refractivity contribution in [3.63, 3.8) is 0 Å². The van der Waals surface area contributed by atoms with Gasteiger partial charge in [0, 0.05) is 0 Å². The van der Waals surface area contributed by atoms with Crippen molar-refractivity contribution in [3.05, 3.63) is 0 Å². The Morgan fingerprint density at radius 1 is 1.43 bits per heavy atom. The molecule has 0 spiro atoms. The van der Waals surface area contributed by atoms with Crippen LogP contribution in [0, 0.1) is 0 Å². The molecule has 0 saturated carbocycles. The molecule has 0 fully saturated rings. The van der Waals surface area contributed by atoms with Gasteiger partial charge in [-0.3, -0.25) is 0 Å². The highest BCUT2D eigenvalue weighted by molar-refractivity contribution is 5.92. The van der Waals surface area contributed by atoms with Crippen molar-refractivity contribution >= 4 is 5.71 Å². The van der Waals surface area contributed by atoms with Gasteiger partial charge >= 0.3 is 0 Å².